The molecule has 6 heteroatoms. The van der Waals surface area contributed by atoms with Crippen LogP contribution in [0.2, 0.25) is 0 Å². The second-order valence-electron chi connectivity index (χ2n) is 2.80. The first-order valence-electron chi connectivity index (χ1n) is 4.13. The Morgan fingerprint density at radius 1 is 1.60 bits per heavy atom. The molecule has 0 aromatic carbocycles. The average molecular weight is 276 g/mol. The normalized spacial score (nSPS) is 10.4. The molecule has 0 radical (unpaired) electrons. The molecular weight excluding hydrogens is 268 g/mol. The highest BCUT2D eigenvalue weighted by atomic mass is 79.9. The molecule has 3 nitrogen and oxygen atoms in total. The zero-order valence-corrected chi connectivity index (χ0v) is 9.26. The van der Waals surface area contributed by atoms with Gasteiger partial charge in [-0.3, -0.25) is 4.98 Å². The van der Waals surface area contributed by atoms with Crippen molar-refractivity contribution < 1.29 is 8.78 Å². The largest absolute Gasteiger partial charge is 0.325 e. The Morgan fingerprint density at radius 3 is 2.73 bits per heavy atom. The molecule has 0 fully saturated rings. The first-order chi connectivity index (χ1) is 7.11. The van der Waals surface area contributed by atoms with Crippen molar-refractivity contribution in [3.63, 3.8) is 0 Å². The van der Waals surface area contributed by atoms with E-state index in [4.69, 9.17) is 11.0 Å². The molecule has 0 amide bonds. The number of hydrogen-bond donors (Lipinski definition) is 1. The van der Waals surface area contributed by atoms with Crippen LogP contribution in [0.1, 0.15) is 23.2 Å². The van der Waals surface area contributed by atoms with Crippen molar-refractivity contribution in [2.75, 3.05) is 0 Å². The van der Waals surface area contributed by atoms with E-state index in [-0.39, 0.29) is 28.7 Å². The van der Waals surface area contributed by atoms with E-state index in [1.165, 1.54) is 6.20 Å². The molecule has 1 heterocycles. The lowest BCUT2D eigenvalue weighted by atomic mass is 10.1. The highest BCUT2D eigenvalue weighted by Crippen LogP contribution is 2.32. The van der Waals surface area contributed by atoms with Gasteiger partial charge in [0.05, 0.1) is 23.7 Å². The Kier molecular flexibility index (Phi) is 4.12. The molecule has 1 rings (SSSR count). The topological polar surface area (TPSA) is 62.7 Å². The zero-order chi connectivity index (χ0) is 11.4. The third kappa shape index (κ3) is 2.49. The fourth-order valence-electron chi connectivity index (χ4n) is 1.17. The maximum absolute atomic E-state index is 12.7. The summed E-state index contributed by atoms with van der Waals surface area (Å²) in [6, 6.07) is 1.88. The lowest BCUT2D eigenvalue weighted by Gasteiger charge is -2.10. The maximum Gasteiger partial charge on any atom is 0.266 e. The van der Waals surface area contributed by atoms with E-state index in [2.05, 4.69) is 20.9 Å². The second-order valence-corrected chi connectivity index (χ2v) is 3.59. The predicted molar refractivity (Wildman–Crippen MR) is 54.1 cm³/mol. The Balaban J connectivity index is 3.30. The summed E-state index contributed by atoms with van der Waals surface area (Å²) in [7, 11) is 0. The Morgan fingerprint density at radius 2 is 2.27 bits per heavy atom. The molecule has 0 unspecified atom stereocenters. The average Bonchev–Trinajstić information content (AvgIpc) is 2.20. The highest BCUT2D eigenvalue weighted by molar-refractivity contribution is 9.10. The molecular formula is C9H8BrF2N3. The SMILES string of the molecule is N#CCc1cnc(CN)c(C(F)F)c1Br. The molecule has 0 saturated carbocycles. The quantitative estimate of drug-likeness (QED) is 0.921. The third-order valence-corrected chi connectivity index (χ3v) is 2.82. The Bertz CT molecular complexity index is 401. The summed E-state index contributed by atoms with van der Waals surface area (Å²) < 4.78 is 25.6. The fourth-order valence-corrected chi connectivity index (χ4v) is 1.82. The monoisotopic (exact) mass is 275 g/mol. The van der Waals surface area contributed by atoms with Crippen LogP contribution in [0.5, 0.6) is 0 Å². The molecule has 1 aromatic heterocycles. The Labute approximate surface area is 94.0 Å². The van der Waals surface area contributed by atoms with Crippen molar-refractivity contribution in [1.82, 2.24) is 4.98 Å². The molecule has 1 aromatic rings. The van der Waals surface area contributed by atoms with Gasteiger partial charge in [0.1, 0.15) is 0 Å². The first-order valence-corrected chi connectivity index (χ1v) is 4.92. The Hall–Kier alpha value is -1.06. The minimum absolute atomic E-state index is 0.0398. The molecule has 80 valence electrons. The minimum Gasteiger partial charge on any atom is -0.325 e. The molecule has 0 aliphatic heterocycles. The van der Waals surface area contributed by atoms with Gasteiger partial charge in [-0.1, -0.05) is 0 Å². The van der Waals surface area contributed by atoms with Crippen LogP contribution in [0.15, 0.2) is 10.7 Å². The van der Waals surface area contributed by atoms with E-state index in [0.29, 0.717) is 5.56 Å². The predicted octanol–water partition coefficient (Wildman–Crippen LogP) is 2.31. The van der Waals surface area contributed by atoms with Gasteiger partial charge in [0.25, 0.3) is 6.43 Å². The smallest absolute Gasteiger partial charge is 0.266 e. The summed E-state index contributed by atoms with van der Waals surface area (Å²) in [5.74, 6) is 0. The molecule has 2 N–H and O–H groups in total. The molecule has 15 heavy (non-hydrogen) atoms. The van der Waals surface area contributed by atoms with E-state index < -0.39 is 6.43 Å². The number of rotatable bonds is 3. The van der Waals surface area contributed by atoms with Crippen LogP contribution in [0.25, 0.3) is 0 Å². The van der Waals surface area contributed by atoms with Crippen LogP contribution in [-0.4, -0.2) is 4.98 Å². The fraction of sp³-hybridized carbons (Fsp3) is 0.333. The summed E-state index contributed by atoms with van der Waals surface area (Å²) in [6.07, 6.45) is -1.22. The number of nitrogens with two attached hydrogens (primary N) is 1. The van der Waals surface area contributed by atoms with Crippen molar-refractivity contribution in [3.8, 4) is 6.07 Å². The zero-order valence-electron chi connectivity index (χ0n) is 7.67. The van der Waals surface area contributed by atoms with Crippen LogP contribution in [0.4, 0.5) is 8.78 Å². The van der Waals surface area contributed by atoms with Crippen molar-refractivity contribution >= 4 is 15.9 Å². The molecule has 0 saturated heterocycles. The number of nitriles is 1. The number of hydrogen-bond acceptors (Lipinski definition) is 3. The molecule has 0 atom stereocenters. The van der Waals surface area contributed by atoms with E-state index in [1.807, 2.05) is 6.07 Å². The van der Waals surface area contributed by atoms with Gasteiger partial charge in [-0.2, -0.15) is 5.26 Å². The maximum atomic E-state index is 12.7. The van der Waals surface area contributed by atoms with Gasteiger partial charge in [-0.05, 0) is 21.5 Å². The lowest BCUT2D eigenvalue weighted by molar-refractivity contribution is 0.148. The van der Waals surface area contributed by atoms with Crippen LogP contribution in [-0.2, 0) is 13.0 Å². The summed E-state index contributed by atoms with van der Waals surface area (Å²) in [6.45, 7) is -0.0505. The van der Waals surface area contributed by atoms with E-state index in [9.17, 15) is 8.78 Å². The number of nitrogens with zero attached hydrogens (tertiary/aromatic N) is 2. The van der Waals surface area contributed by atoms with Gasteiger partial charge in [0, 0.05) is 17.2 Å². The van der Waals surface area contributed by atoms with Gasteiger partial charge in [-0.25, -0.2) is 8.78 Å². The van der Waals surface area contributed by atoms with Gasteiger partial charge in [0.15, 0.2) is 0 Å². The van der Waals surface area contributed by atoms with Gasteiger partial charge >= 0.3 is 0 Å². The van der Waals surface area contributed by atoms with Crippen LogP contribution >= 0.6 is 15.9 Å². The van der Waals surface area contributed by atoms with Crippen molar-refractivity contribution in [3.05, 3.63) is 27.5 Å². The number of pyridine rings is 1. The molecule has 0 bridgehead atoms. The van der Waals surface area contributed by atoms with Crippen LogP contribution in [0.3, 0.4) is 0 Å². The van der Waals surface area contributed by atoms with E-state index in [0.717, 1.165) is 0 Å². The molecule has 0 spiro atoms. The second kappa shape index (κ2) is 5.14. The third-order valence-electron chi connectivity index (χ3n) is 1.89. The lowest BCUT2D eigenvalue weighted by Crippen LogP contribution is -2.07. The minimum atomic E-state index is -2.65. The van der Waals surface area contributed by atoms with Crippen molar-refractivity contribution in [2.45, 2.75) is 19.4 Å². The van der Waals surface area contributed by atoms with Gasteiger partial charge in [0.2, 0.25) is 0 Å². The number of alkyl halides is 2. The van der Waals surface area contributed by atoms with E-state index >= 15 is 0 Å². The number of aromatic nitrogens is 1. The van der Waals surface area contributed by atoms with Gasteiger partial charge in [-0.15, -0.1) is 0 Å². The summed E-state index contributed by atoms with van der Waals surface area (Å²) in [4.78, 5) is 3.81. The van der Waals surface area contributed by atoms with Crippen molar-refractivity contribution in [1.29, 1.82) is 5.26 Å². The summed E-state index contributed by atoms with van der Waals surface area (Å²) >= 11 is 3.05. The van der Waals surface area contributed by atoms with Gasteiger partial charge < -0.3 is 5.73 Å². The molecule has 0 aliphatic rings. The van der Waals surface area contributed by atoms with Crippen LogP contribution in [0, 0.1) is 11.3 Å². The van der Waals surface area contributed by atoms with E-state index in [1.54, 1.807) is 0 Å². The number of halogens is 3. The highest BCUT2D eigenvalue weighted by Gasteiger charge is 2.19. The molecule has 0 aliphatic carbocycles. The van der Waals surface area contributed by atoms with Crippen molar-refractivity contribution in [2.24, 2.45) is 5.73 Å². The summed E-state index contributed by atoms with van der Waals surface area (Å²) in [5.41, 5.74) is 5.68. The standard InChI is InChI=1S/C9H8BrF2N3/c10-8-5(1-2-13)4-15-6(3-14)7(8)9(11)12/h4,9H,1,3,14H2. The first kappa shape index (κ1) is 12.0. The van der Waals surface area contributed by atoms with Crippen LogP contribution < -0.4 is 5.73 Å². The summed E-state index contributed by atoms with van der Waals surface area (Å²) in [5, 5.41) is 8.49.